The first-order chi connectivity index (χ1) is 9.60. The molecule has 1 heterocycles. The number of hydrogen-bond acceptors (Lipinski definition) is 7. The van der Waals surface area contributed by atoms with Gasteiger partial charge in [-0.1, -0.05) is 0 Å². The van der Waals surface area contributed by atoms with Crippen molar-refractivity contribution in [3.05, 3.63) is 0 Å². The third kappa shape index (κ3) is 4.81. The van der Waals surface area contributed by atoms with Gasteiger partial charge in [0.2, 0.25) is 0 Å². The number of carbonyl (C=O) groups is 1. The summed E-state index contributed by atoms with van der Waals surface area (Å²) in [5.74, 6) is 0.227. The first-order valence-electron chi connectivity index (χ1n) is 6.17. The van der Waals surface area contributed by atoms with Crippen LogP contribution in [0, 0.1) is 0 Å². The molecular weight excluding hydrogens is 340 g/mol. The van der Waals surface area contributed by atoms with Crippen molar-refractivity contribution in [2.24, 2.45) is 0 Å². The lowest BCUT2D eigenvalue weighted by Gasteiger charge is -2.35. The highest BCUT2D eigenvalue weighted by atomic mass is 32.2. The number of methoxy groups -OCH3 is 1. The third-order valence-electron chi connectivity index (χ3n) is 3.08. The summed E-state index contributed by atoms with van der Waals surface area (Å²) < 4.78 is 54.9. The summed E-state index contributed by atoms with van der Waals surface area (Å²) in [4.78, 5) is 11.1. The topological polar surface area (TPSA) is 101 Å². The number of rotatable bonds is 6. The van der Waals surface area contributed by atoms with Crippen LogP contribution in [0.15, 0.2) is 0 Å². The molecule has 0 aromatic rings. The molecule has 1 rings (SSSR count). The second-order valence-electron chi connectivity index (χ2n) is 4.63. The fourth-order valence-electron chi connectivity index (χ4n) is 1.81. The van der Waals surface area contributed by atoms with Gasteiger partial charge in [0.15, 0.2) is 9.84 Å². The maximum Gasteiger partial charge on any atom is 0.306 e. The molecule has 21 heavy (non-hydrogen) atoms. The van der Waals surface area contributed by atoms with Crippen molar-refractivity contribution in [3.63, 3.8) is 0 Å². The summed E-state index contributed by atoms with van der Waals surface area (Å²) >= 11 is 1.41. The van der Waals surface area contributed by atoms with Crippen molar-refractivity contribution >= 4 is 37.8 Å². The van der Waals surface area contributed by atoms with Gasteiger partial charge in [0.05, 0.1) is 13.5 Å². The number of nitrogens with zero attached hydrogens (tertiary/aromatic N) is 2. The molecule has 1 atom stereocenters. The molecule has 8 nitrogen and oxygen atoms in total. The van der Waals surface area contributed by atoms with Crippen LogP contribution in [0.5, 0.6) is 0 Å². The van der Waals surface area contributed by atoms with E-state index >= 15 is 0 Å². The summed E-state index contributed by atoms with van der Waals surface area (Å²) in [6.45, 7) is 0.0719. The molecule has 1 aliphatic heterocycles. The van der Waals surface area contributed by atoms with Gasteiger partial charge >= 0.3 is 5.97 Å². The van der Waals surface area contributed by atoms with E-state index in [2.05, 4.69) is 4.74 Å². The number of ether oxygens (including phenoxy) is 1. The van der Waals surface area contributed by atoms with Gasteiger partial charge in [-0.25, -0.2) is 8.42 Å². The van der Waals surface area contributed by atoms with Gasteiger partial charge in [-0.05, 0) is 0 Å². The number of esters is 1. The molecule has 1 fully saturated rings. The highest BCUT2D eigenvalue weighted by Gasteiger charge is 2.40. The van der Waals surface area contributed by atoms with Crippen molar-refractivity contribution in [3.8, 4) is 0 Å². The van der Waals surface area contributed by atoms with Crippen LogP contribution < -0.4 is 0 Å². The van der Waals surface area contributed by atoms with Crippen molar-refractivity contribution in [2.45, 2.75) is 11.8 Å². The largest absolute Gasteiger partial charge is 0.469 e. The Hall–Kier alpha value is -0.360. The fourth-order valence-corrected chi connectivity index (χ4v) is 6.88. The van der Waals surface area contributed by atoms with E-state index < -0.39 is 31.4 Å². The molecule has 0 radical (unpaired) electrons. The highest BCUT2D eigenvalue weighted by molar-refractivity contribution is 8.01. The Bertz CT molecular complexity index is 574. The molecule has 1 aliphatic rings. The highest BCUT2D eigenvalue weighted by Crippen LogP contribution is 2.24. The molecule has 0 N–H and O–H groups in total. The Balaban J connectivity index is 2.90. The van der Waals surface area contributed by atoms with E-state index in [1.165, 1.54) is 25.9 Å². The van der Waals surface area contributed by atoms with Crippen molar-refractivity contribution in [2.75, 3.05) is 45.0 Å². The first kappa shape index (κ1) is 18.7. The smallest absolute Gasteiger partial charge is 0.306 e. The zero-order chi connectivity index (χ0) is 16.3. The Labute approximate surface area is 129 Å². The molecule has 0 bridgehead atoms. The van der Waals surface area contributed by atoms with Gasteiger partial charge < -0.3 is 4.74 Å². The monoisotopic (exact) mass is 360 g/mol. The van der Waals surface area contributed by atoms with Crippen LogP contribution in [0.3, 0.4) is 0 Å². The summed E-state index contributed by atoms with van der Waals surface area (Å²) in [5.41, 5.74) is 0. The van der Waals surface area contributed by atoms with Gasteiger partial charge in [-0.15, -0.1) is 0 Å². The molecule has 0 aromatic carbocycles. The van der Waals surface area contributed by atoms with Crippen LogP contribution in [0.4, 0.5) is 0 Å². The SMILES string of the molecule is COC(=O)CCN(C)S(=O)(=O)N1CCSCC1S(C)(=O)=O. The van der Waals surface area contributed by atoms with Gasteiger partial charge in [-0.2, -0.15) is 28.8 Å². The van der Waals surface area contributed by atoms with E-state index in [4.69, 9.17) is 0 Å². The van der Waals surface area contributed by atoms with E-state index in [1.807, 2.05) is 0 Å². The standard InChI is InChI=1S/C10H20N2O6S3/c1-11(5-4-10(13)18-2)21(16,17)12-6-7-19-8-9(12)20(3,14)15/h9H,4-8H2,1-3H3. The van der Waals surface area contributed by atoms with Crippen LogP contribution in [0.1, 0.15) is 6.42 Å². The van der Waals surface area contributed by atoms with Crippen LogP contribution in [-0.4, -0.2) is 81.8 Å². The molecular formula is C10H20N2O6S3. The average Bonchev–Trinajstić information content (AvgIpc) is 2.43. The zero-order valence-electron chi connectivity index (χ0n) is 12.2. The number of sulfone groups is 1. The predicted molar refractivity (Wildman–Crippen MR) is 80.8 cm³/mol. The lowest BCUT2D eigenvalue weighted by atomic mass is 10.4. The van der Waals surface area contributed by atoms with E-state index in [0.29, 0.717) is 5.75 Å². The Morgan fingerprint density at radius 1 is 1.38 bits per heavy atom. The van der Waals surface area contributed by atoms with Crippen molar-refractivity contribution in [1.29, 1.82) is 0 Å². The van der Waals surface area contributed by atoms with Gasteiger partial charge in [0, 0.05) is 37.9 Å². The molecule has 1 saturated heterocycles. The third-order valence-corrected chi connectivity index (χ3v) is 7.86. The Kier molecular flexibility index (Phi) is 6.47. The fraction of sp³-hybridized carbons (Fsp3) is 0.900. The normalized spacial score (nSPS) is 21.4. The summed E-state index contributed by atoms with van der Waals surface area (Å²) in [7, 11) is -4.91. The van der Waals surface area contributed by atoms with Crippen LogP contribution in [-0.2, 0) is 29.6 Å². The first-order valence-corrected chi connectivity index (χ1v) is 10.7. The maximum absolute atomic E-state index is 12.5. The summed E-state index contributed by atoms with van der Waals surface area (Å²) in [6, 6.07) is 0. The molecule has 0 amide bonds. The van der Waals surface area contributed by atoms with E-state index in [9.17, 15) is 21.6 Å². The van der Waals surface area contributed by atoms with Crippen molar-refractivity contribution < 1.29 is 26.4 Å². The minimum absolute atomic E-state index is 0.0604. The maximum atomic E-state index is 12.5. The quantitative estimate of drug-likeness (QED) is 0.568. The molecule has 1 unspecified atom stereocenters. The lowest BCUT2D eigenvalue weighted by Crippen LogP contribution is -2.54. The summed E-state index contributed by atoms with van der Waals surface area (Å²) in [6.07, 6.45) is 0.943. The van der Waals surface area contributed by atoms with Crippen LogP contribution >= 0.6 is 11.8 Å². The number of carbonyl (C=O) groups excluding carboxylic acids is 1. The lowest BCUT2D eigenvalue weighted by molar-refractivity contribution is -0.140. The zero-order valence-corrected chi connectivity index (χ0v) is 14.6. The molecule has 0 aromatic heterocycles. The second kappa shape index (κ2) is 7.27. The van der Waals surface area contributed by atoms with Gasteiger partial charge in [0.25, 0.3) is 10.2 Å². The Morgan fingerprint density at radius 2 is 2.00 bits per heavy atom. The van der Waals surface area contributed by atoms with Crippen LogP contribution in [0.25, 0.3) is 0 Å². The minimum Gasteiger partial charge on any atom is -0.469 e. The van der Waals surface area contributed by atoms with E-state index in [1.54, 1.807) is 0 Å². The number of hydrogen-bond donors (Lipinski definition) is 0. The minimum atomic E-state index is -3.93. The molecule has 0 aliphatic carbocycles. The second-order valence-corrected chi connectivity index (χ2v) is 9.97. The molecule has 11 heteroatoms. The molecule has 0 spiro atoms. The van der Waals surface area contributed by atoms with E-state index in [-0.39, 0.29) is 25.3 Å². The van der Waals surface area contributed by atoms with Gasteiger partial charge in [-0.3, -0.25) is 4.79 Å². The van der Waals surface area contributed by atoms with Crippen molar-refractivity contribution in [1.82, 2.24) is 8.61 Å². The number of thioether (sulfide) groups is 1. The molecule has 124 valence electrons. The van der Waals surface area contributed by atoms with Crippen LogP contribution in [0.2, 0.25) is 0 Å². The van der Waals surface area contributed by atoms with Gasteiger partial charge in [0.1, 0.15) is 5.37 Å². The predicted octanol–water partition coefficient (Wildman–Crippen LogP) is -0.854. The Morgan fingerprint density at radius 3 is 2.52 bits per heavy atom. The molecule has 0 saturated carbocycles. The van der Waals surface area contributed by atoms with E-state index in [0.717, 1.165) is 14.9 Å². The average molecular weight is 360 g/mol. The summed E-state index contributed by atoms with van der Waals surface area (Å²) in [5, 5.41) is -1.07.